The average molecular weight is 315 g/mol. The molecule has 0 fully saturated rings. The smallest absolute Gasteiger partial charge is 0.254 e. The van der Waals surface area contributed by atoms with Crippen LogP contribution in [0.1, 0.15) is 33.0 Å². The number of rotatable bonds is 5. The minimum atomic E-state index is -0.0798. The molecule has 2 aromatic rings. The predicted molar refractivity (Wildman–Crippen MR) is 85.1 cm³/mol. The van der Waals surface area contributed by atoms with Crippen LogP contribution in [-0.2, 0) is 24.3 Å². The molecule has 0 saturated heterocycles. The summed E-state index contributed by atoms with van der Waals surface area (Å²) < 4.78 is 11.0. The van der Waals surface area contributed by atoms with Crippen molar-refractivity contribution in [2.24, 2.45) is 0 Å². The first kappa shape index (κ1) is 15.8. The Kier molecular flexibility index (Phi) is 4.79. The summed E-state index contributed by atoms with van der Waals surface area (Å²) in [5.41, 5.74) is 2.82. The van der Waals surface area contributed by atoms with E-state index in [1.165, 1.54) is 0 Å². The minimum absolute atomic E-state index is 0.0770. The van der Waals surface area contributed by atoms with Crippen LogP contribution in [0.2, 0.25) is 0 Å². The lowest BCUT2D eigenvalue weighted by Crippen LogP contribution is -2.34. The zero-order chi connectivity index (χ0) is 16.2. The van der Waals surface area contributed by atoms with Crippen LogP contribution in [-0.4, -0.2) is 35.7 Å². The second-order valence-corrected chi connectivity index (χ2v) is 5.71. The Morgan fingerprint density at radius 3 is 2.91 bits per heavy atom. The lowest BCUT2D eigenvalue weighted by Gasteiger charge is -2.25. The van der Waals surface area contributed by atoms with Gasteiger partial charge < -0.3 is 19.2 Å². The van der Waals surface area contributed by atoms with Crippen molar-refractivity contribution < 1.29 is 19.1 Å². The van der Waals surface area contributed by atoms with Crippen molar-refractivity contribution in [2.75, 3.05) is 19.8 Å². The Bertz CT molecular complexity index is 692. The number of carbonyl (C=O) groups excluding carboxylic acids is 1. The van der Waals surface area contributed by atoms with Crippen LogP contribution >= 0.6 is 0 Å². The monoisotopic (exact) mass is 315 g/mol. The van der Waals surface area contributed by atoms with Crippen LogP contribution in [0.25, 0.3) is 0 Å². The first-order valence-corrected chi connectivity index (χ1v) is 7.83. The van der Waals surface area contributed by atoms with Gasteiger partial charge in [0.2, 0.25) is 0 Å². The van der Waals surface area contributed by atoms with E-state index in [-0.39, 0.29) is 19.1 Å². The highest BCUT2D eigenvalue weighted by molar-refractivity contribution is 5.96. The molecule has 1 aromatic carbocycles. The van der Waals surface area contributed by atoms with Crippen molar-refractivity contribution >= 4 is 5.91 Å². The highest BCUT2D eigenvalue weighted by Gasteiger charge is 2.22. The Morgan fingerprint density at radius 2 is 2.17 bits per heavy atom. The topological polar surface area (TPSA) is 62.9 Å². The fourth-order valence-electron chi connectivity index (χ4n) is 2.92. The molecule has 1 aliphatic rings. The van der Waals surface area contributed by atoms with Crippen LogP contribution in [0.4, 0.5) is 0 Å². The van der Waals surface area contributed by atoms with Crippen molar-refractivity contribution in [1.29, 1.82) is 0 Å². The number of carbonyl (C=O) groups is 1. The van der Waals surface area contributed by atoms with E-state index in [0.717, 1.165) is 29.1 Å². The number of nitrogens with zero attached hydrogens (tertiary/aromatic N) is 1. The molecule has 0 aliphatic carbocycles. The molecule has 1 aromatic heterocycles. The highest BCUT2D eigenvalue weighted by Crippen LogP contribution is 2.23. The van der Waals surface area contributed by atoms with Crippen LogP contribution in [0, 0.1) is 6.92 Å². The van der Waals surface area contributed by atoms with E-state index in [0.29, 0.717) is 25.3 Å². The number of benzene rings is 1. The van der Waals surface area contributed by atoms with Crippen molar-refractivity contribution in [3.63, 3.8) is 0 Å². The summed E-state index contributed by atoms with van der Waals surface area (Å²) in [6.07, 6.45) is 0.740. The molecule has 0 atom stereocenters. The van der Waals surface area contributed by atoms with Gasteiger partial charge >= 0.3 is 0 Å². The molecule has 1 amide bonds. The number of aryl methyl sites for hydroxylation is 1. The van der Waals surface area contributed by atoms with E-state index < -0.39 is 0 Å². The summed E-state index contributed by atoms with van der Waals surface area (Å²) in [7, 11) is 0. The van der Waals surface area contributed by atoms with E-state index in [4.69, 9.17) is 9.15 Å². The van der Waals surface area contributed by atoms with Gasteiger partial charge in [0.15, 0.2) is 0 Å². The maximum Gasteiger partial charge on any atom is 0.254 e. The molecule has 5 nitrogen and oxygen atoms in total. The first-order valence-electron chi connectivity index (χ1n) is 7.83. The molecule has 3 rings (SSSR count). The molecule has 0 radical (unpaired) electrons. The minimum Gasteiger partial charge on any atom is -0.464 e. The molecule has 1 N–H and O–H groups in total. The maximum atomic E-state index is 13.0. The summed E-state index contributed by atoms with van der Waals surface area (Å²) in [5, 5.41) is 9.31. The third-order valence-electron chi connectivity index (χ3n) is 4.06. The summed E-state index contributed by atoms with van der Waals surface area (Å²) >= 11 is 0. The van der Waals surface area contributed by atoms with Gasteiger partial charge in [0, 0.05) is 12.1 Å². The van der Waals surface area contributed by atoms with Crippen LogP contribution < -0.4 is 0 Å². The summed E-state index contributed by atoms with van der Waals surface area (Å²) in [4.78, 5) is 14.6. The lowest BCUT2D eigenvalue weighted by molar-refractivity contribution is 0.0688. The molecule has 122 valence electrons. The Morgan fingerprint density at radius 1 is 1.30 bits per heavy atom. The number of amides is 1. The fourth-order valence-corrected chi connectivity index (χ4v) is 2.92. The zero-order valence-electron chi connectivity index (χ0n) is 13.2. The van der Waals surface area contributed by atoms with Gasteiger partial charge in [-0.3, -0.25) is 4.79 Å². The van der Waals surface area contributed by atoms with Crippen molar-refractivity contribution in [2.45, 2.75) is 26.5 Å². The summed E-state index contributed by atoms with van der Waals surface area (Å²) in [6, 6.07) is 9.47. The molecular formula is C18H21NO4. The third kappa shape index (κ3) is 3.46. The van der Waals surface area contributed by atoms with Gasteiger partial charge in [-0.15, -0.1) is 0 Å². The number of fused-ring (bicyclic) bond motifs is 1. The van der Waals surface area contributed by atoms with Crippen LogP contribution in [0.15, 0.2) is 34.7 Å². The van der Waals surface area contributed by atoms with Gasteiger partial charge in [-0.05, 0) is 42.7 Å². The molecule has 5 heteroatoms. The number of aliphatic hydroxyl groups is 1. The van der Waals surface area contributed by atoms with Gasteiger partial charge in [-0.1, -0.05) is 12.1 Å². The molecule has 0 spiro atoms. The van der Waals surface area contributed by atoms with E-state index in [9.17, 15) is 9.90 Å². The van der Waals surface area contributed by atoms with Gasteiger partial charge in [0.05, 0.1) is 26.4 Å². The SMILES string of the molecule is Cc1ccc(CN(CCO)C(=O)c2cccc3c2CCOC3)o1. The Balaban J connectivity index is 1.86. The highest BCUT2D eigenvalue weighted by atomic mass is 16.5. The molecule has 2 heterocycles. The Hall–Kier alpha value is -2.11. The molecule has 0 bridgehead atoms. The van der Waals surface area contributed by atoms with Crippen molar-refractivity contribution in [3.8, 4) is 0 Å². The molecule has 0 unspecified atom stereocenters. The second-order valence-electron chi connectivity index (χ2n) is 5.71. The fraction of sp³-hybridized carbons (Fsp3) is 0.389. The molecule has 1 aliphatic heterocycles. The quantitative estimate of drug-likeness (QED) is 0.919. The van der Waals surface area contributed by atoms with E-state index in [1.807, 2.05) is 37.3 Å². The van der Waals surface area contributed by atoms with Crippen molar-refractivity contribution in [3.05, 3.63) is 58.5 Å². The van der Waals surface area contributed by atoms with Gasteiger partial charge in [-0.25, -0.2) is 0 Å². The molecule has 0 saturated carbocycles. The predicted octanol–water partition coefficient (Wildman–Crippen LogP) is 2.30. The molecular weight excluding hydrogens is 294 g/mol. The number of hydrogen-bond acceptors (Lipinski definition) is 4. The largest absolute Gasteiger partial charge is 0.464 e. The lowest BCUT2D eigenvalue weighted by atomic mass is 9.96. The van der Waals surface area contributed by atoms with Crippen molar-refractivity contribution in [1.82, 2.24) is 4.90 Å². The number of ether oxygens (including phenoxy) is 1. The number of aliphatic hydroxyl groups excluding tert-OH is 1. The first-order chi connectivity index (χ1) is 11.2. The van der Waals surface area contributed by atoms with E-state index in [1.54, 1.807) is 4.90 Å². The van der Waals surface area contributed by atoms with E-state index in [2.05, 4.69) is 0 Å². The van der Waals surface area contributed by atoms with E-state index >= 15 is 0 Å². The summed E-state index contributed by atoms with van der Waals surface area (Å²) in [6.45, 7) is 3.60. The maximum absolute atomic E-state index is 13.0. The number of furan rings is 1. The summed E-state index contributed by atoms with van der Waals surface area (Å²) in [5.74, 6) is 1.45. The Labute approximate surface area is 135 Å². The van der Waals surface area contributed by atoms with Gasteiger partial charge in [-0.2, -0.15) is 0 Å². The average Bonchev–Trinajstić information content (AvgIpc) is 2.98. The van der Waals surface area contributed by atoms with Crippen LogP contribution in [0.3, 0.4) is 0 Å². The van der Waals surface area contributed by atoms with Gasteiger partial charge in [0.25, 0.3) is 5.91 Å². The normalized spacial score (nSPS) is 13.7. The third-order valence-corrected chi connectivity index (χ3v) is 4.06. The molecule has 23 heavy (non-hydrogen) atoms. The van der Waals surface area contributed by atoms with Crippen LogP contribution in [0.5, 0.6) is 0 Å². The standard InChI is InChI=1S/C18H21NO4/c1-13-5-6-15(23-13)11-19(8-9-20)18(21)17-4-2-3-14-12-22-10-7-16(14)17/h2-6,20H,7-12H2,1H3. The van der Waals surface area contributed by atoms with Gasteiger partial charge in [0.1, 0.15) is 11.5 Å². The second kappa shape index (κ2) is 6.98. The number of hydrogen-bond donors (Lipinski definition) is 1. The zero-order valence-corrected chi connectivity index (χ0v) is 13.2.